The monoisotopic (exact) mass is 424 g/mol. The van der Waals surface area contributed by atoms with Crippen LogP contribution in [0.1, 0.15) is 17.7 Å². The Labute approximate surface area is 179 Å². The average molecular weight is 425 g/mol. The Hall–Kier alpha value is -3.09. The average Bonchev–Trinajstić information content (AvgIpc) is 3.38. The van der Waals surface area contributed by atoms with Gasteiger partial charge in [-0.1, -0.05) is 29.8 Å². The molecule has 154 valence electrons. The van der Waals surface area contributed by atoms with Gasteiger partial charge in [0.25, 0.3) is 0 Å². The molecule has 1 aliphatic rings. The van der Waals surface area contributed by atoms with Crippen molar-refractivity contribution in [1.82, 2.24) is 0 Å². The number of benzene rings is 2. The summed E-state index contributed by atoms with van der Waals surface area (Å²) in [4.78, 5) is 26.7. The Balaban J connectivity index is 1.34. The van der Waals surface area contributed by atoms with Crippen LogP contribution < -0.4 is 10.2 Å². The van der Waals surface area contributed by atoms with Crippen molar-refractivity contribution in [2.45, 2.75) is 19.6 Å². The number of carbonyl (C=O) groups is 2. The van der Waals surface area contributed by atoms with E-state index in [0.29, 0.717) is 36.2 Å². The molecule has 7 heteroatoms. The molecular weight excluding hydrogens is 404 g/mol. The molecule has 1 aromatic heterocycles. The molecular formula is C23H21ClN2O4. The van der Waals surface area contributed by atoms with Gasteiger partial charge in [0.05, 0.1) is 18.8 Å². The van der Waals surface area contributed by atoms with Gasteiger partial charge in [0.2, 0.25) is 11.8 Å². The molecule has 1 unspecified atom stereocenters. The van der Waals surface area contributed by atoms with Crippen LogP contribution in [0.25, 0.3) is 0 Å². The van der Waals surface area contributed by atoms with Gasteiger partial charge < -0.3 is 19.4 Å². The number of anilines is 2. The second-order valence-electron chi connectivity index (χ2n) is 7.15. The van der Waals surface area contributed by atoms with Crippen LogP contribution >= 0.6 is 11.6 Å². The summed E-state index contributed by atoms with van der Waals surface area (Å²) in [5.74, 6) is 0.0731. The largest absolute Gasteiger partial charge is 0.467 e. The number of rotatable bonds is 7. The number of nitrogens with zero attached hydrogens (tertiary/aromatic N) is 1. The first kappa shape index (κ1) is 20.2. The minimum atomic E-state index is -0.421. The molecule has 2 heterocycles. The number of carbonyl (C=O) groups excluding carboxylic acids is 2. The zero-order chi connectivity index (χ0) is 20.9. The van der Waals surface area contributed by atoms with E-state index in [9.17, 15) is 9.59 Å². The second-order valence-corrected chi connectivity index (χ2v) is 7.58. The standard InChI is InChI=1S/C23H21ClN2O4/c24-18-5-2-7-20(12-18)26-13-17(11-22(26)27)23(28)25-19-6-1-4-16(10-19)14-29-15-21-8-3-9-30-21/h1-10,12,17H,11,13-15H2,(H,25,28). The lowest BCUT2D eigenvalue weighted by Crippen LogP contribution is -2.28. The number of hydrogen-bond donors (Lipinski definition) is 1. The Morgan fingerprint density at radius 1 is 1.13 bits per heavy atom. The van der Waals surface area contributed by atoms with Gasteiger partial charge in [0.1, 0.15) is 12.4 Å². The maximum Gasteiger partial charge on any atom is 0.229 e. The van der Waals surface area contributed by atoms with Gasteiger partial charge in [-0.05, 0) is 48.0 Å². The number of ether oxygens (including phenoxy) is 1. The lowest BCUT2D eigenvalue weighted by molar-refractivity contribution is -0.122. The molecule has 0 spiro atoms. The van der Waals surface area contributed by atoms with Crippen LogP contribution in [0.4, 0.5) is 11.4 Å². The summed E-state index contributed by atoms with van der Waals surface area (Å²) in [5.41, 5.74) is 2.31. The molecule has 1 fully saturated rings. The Bertz CT molecular complexity index is 1040. The molecule has 0 aliphatic carbocycles. The summed E-state index contributed by atoms with van der Waals surface area (Å²) >= 11 is 6.02. The number of nitrogens with one attached hydrogen (secondary N) is 1. The molecule has 4 rings (SSSR count). The van der Waals surface area contributed by atoms with E-state index in [2.05, 4.69) is 5.32 Å². The molecule has 2 amide bonds. The van der Waals surface area contributed by atoms with Gasteiger partial charge in [0.15, 0.2) is 0 Å². The first-order valence-corrected chi connectivity index (χ1v) is 10.0. The lowest BCUT2D eigenvalue weighted by Gasteiger charge is -2.17. The normalized spacial score (nSPS) is 16.1. The van der Waals surface area contributed by atoms with E-state index in [4.69, 9.17) is 20.8 Å². The van der Waals surface area contributed by atoms with Crippen molar-refractivity contribution < 1.29 is 18.7 Å². The van der Waals surface area contributed by atoms with Crippen LogP contribution in [-0.4, -0.2) is 18.4 Å². The third-order valence-corrected chi connectivity index (χ3v) is 5.14. The van der Waals surface area contributed by atoms with E-state index in [1.807, 2.05) is 42.5 Å². The molecule has 0 bridgehead atoms. The summed E-state index contributed by atoms with van der Waals surface area (Å²) < 4.78 is 10.9. The number of amides is 2. The highest BCUT2D eigenvalue weighted by molar-refractivity contribution is 6.31. The van der Waals surface area contributed by atoms with Gasteiger partial charge in [-0.2, -0.15) is 0 Å². The highest BCUT2D eigenvalue weighted by Crippen LogP contribution is 2.28. The summed E-state index contributed by atoms with van der Waals surface area (Å²) in [6.07, 6.45) is 1.78. The molecule has 1 saturated heterocycles. The molecule has 1 N–H and O–H groups in total. The van der Waals surface area contributed by atoms with Crippen molar-refractivity contribution >= 4 is 34.8 Å². The van der Waals surface area contributed by atoms with Crippen molar-refractivity contribution in [3.8, 4) is 0 Å². The zero-order valence-electron chi connectivity index (χ0n) is 16.2. The van der Waals surface area contributed by atoms with E-state index < -0.39 is 5.92 Å². The summed E-state index contributed by atoms with van der Waals surface area (Å²) in [6, 6.07) is 18.2. The fraction of sp³-hybridized carbons (Fsp3) is 0.217. The van der Waals surface area contributed by atoms with Crippen molar-refractivity contribution in [1.29, 1.82) is 0 Å². The van der Waals surface area contributed by atoms with Crippen LogP contribution in [0.2, 0.25) is 5.02 Å². The molecule has 0 saturated carbocycles. The fourth-order valence-corrected chi connectivity index (χ4v) is 3.61. The van der Waals surface area contributed by atoms with Crippen molar-refractivity contribution in [3.05, 3.63) is 83.3 Å². The van der Waals surface area contributed by atoms with E-state index in [-0.39, 0.29) is 18.2 Å². The van der Waals surface area contributed by atoms with Crippen LogP contribution in [0, 0.1) is 5.92 Å². The topological polar surface area (TPSA) is 71.8 Å². The highest BCUT2D eigenvalue weighted by atomic mass is 35.5. The van der Waals surface area contributed by atoms with E-state index in [0.717, 1.165) is 11.3 Å². The molecule has 0 radical (unpaired) electrons. The fourth-order valence-electron chi connectivity index (χ4n) is 3.42. The van der Waals surface area contributed by atoms with Crippen LogP contribution in [-0.2, 0) is 27.5 Å². The number of hydrogen-bond acceptors (Lipinski definition) is 4. The first-order chi connectivity index (χ1) is 14.6. The van der Waals surface area contributed by atoms with Crippen LogP contribution in [0.15, 0.2) is 71.3 Å². The van der Waals surface area contributed by atoms with Crippen LogP contribution in [0.5, 0.6) is 0 Å². The molecule has 1 atom stereocenters. The second kappa shape index (κ2) is 9.15. The SMILES string of the molecule is O=C(Nc1cccc(COCc2ccco2)c1)C1CC(=O)N(c2cccc(Cl)c2)C1. The van der Waals surface area contributed by atoms with E-state index in [1.165, 1.54) is 0 Å². The highest BCUT2D eigenvalue weighted by Gasteiger charge is 2.35. The number of halogens is 1. The van der Waals surface area contributed by atoms with E-state index >= 15 is 0 Å². The summed E-state index contributed by atoms with van der Waals surface area (Å²) in [6.45, 7) is 1.11. The third kappa shape index (κ3) is 4.90. The lowest BCUT2D eigenvalue weighted by atomic mass is 10.1. The first-order valence-electron chi connectivity index (χ1n) is 9.64. The Morgan fingerprint density at radius 2 is 2.00 bits per heavy atom. The minimum Gasteiger partial charge on any atom is -0.467 e. The third-order valence-electron chi connectivity index (χ3n) is 4.90. The molecule has 6 nitrogen and oxygen atoms in total. The smallest absolute Gasteiger partial charge is 0.229 e. The minimum absolute atomic E-state index is 0.0857. The Kier molecular flexibility index (Phi) is 6.16. The van der Waals surface area contributed by atoms with Gasteiger partial charge >= 0.3 is 0 Å². The van der Waals surface area contributed by atoms with Crippen LogP contribution in [0.3, 0.4) is 0 Å². The summed E-state index contributed by atoms with van der Waals surface area (Å²) in [5, 5.41) is 3.47. The number of furan rings is 1. The molecule has 2 aromatic carbocycles. The molecule has 1 aliphatic heterocycles. The maximum absolute atomic E-state index is 12.7. The Morgan fingerprint density at radius 3 is 2.80 bits per heavy atom. The van der Waals surface area contributed by atoms with Gasteiger partial charge in [-0.15, -0.1) is 0 Å². The van der Waals surface area contributed by atoms with Gasteiger partial charge in [-0.25, -0.2) is 0 Å². The zero-order valence-corrected chi connectivity index (χ0v) is 17.0. The predicted molar refractivity (Wildman–Crippen MR) is 114 cm³/mol. The van der Waals surface area contributed by atoms with E-state index in [1.54, 1.807) is 29.4 Å². The predicted octanol–water partition coefficient (Wildman–Crippen LogP) is 4.64. The van der Waals surface area contributed by atoms with Crippen molar-refractivity contribution in [2.75, 3.05) is 16.8 Å². The van der Waals surface area contributed by atoms with Gasteiger partial charge in [0, 0.05) is 29.4 Å². The van der Waals surface area contributed by atoms with Crippen molar-refractivity contribution in [2.24, 2.45) is 5.92 Å². The molecule has 3 aromatic rings. The summed E-state index contributed by atoms with van der Waals surface area (Å²) in [7, 11) is 0. The van der Waals surface area contributed by atoms with Gasteiger partial charge in [-0.3, -0.25) is 9.59 Å². The maximum atomic E-state index is 12.7. The van der Waals surface area contributed by atoms with Crippen molar-refractivity contribution in [3.63, 3.8) is 0 Å². The quantitative estimate of drug-likeness (QED) is 0.599. The molecule has 30 heavy (non-hydrogen) atoms.